The first-order valence-electron chi connectivity index (χ1n) is 12.2. The first-order chi connectivity index (χ1) is 18.1. The molecule has 11 heteroatoms. The van der Waals surface area contributed by atoms with Crippen LogP contribution in [-0.4, -0.2) is 75.7 Å². The third-order valence-corrected chi connectivity index (χ3v) is 5.29. The van der Waals surface area contributed by atoms with Crippen molar-refractivity contribution >= 4 is 17.8 Å². The minimum Gasteiger partial charge on any atom is -0.493 e. The molecule has 3 aromatic rings. The van der Waals surface area contributed by atoms with Crippen LogP contribution >= 0.6 is 0 Å². The van der Waals surface area contributed by atoms with Crippen LogP contribution in [0, 0.1) is 0 Å². The molecule has 0 saturated heterocycles. The zero-order chi connectivity index (χ0) is 26.3. The lowest BCUT2D eigenvalue weighted by Crippen LogP contribution is -2.22. The lowest BCUT2D eigenvalue weighted by molar-refractivity contribution is 0.0547. The Bertz CT molecular complexity index is 1070. The van der Waals surface area contributed by atoms with Crippen LogP contribution in [-0.2, 0) is 22.6 Å². The van der Waals surface area contributed by atoms with Gasteiger partial charge >= 0.3 is 0 Å². The van der Waals surface area contributed by atoms with E-state index in [1.54, 1.807) is 14.2 Å². The van der Waals surface area contributed by atoms with E-state index in [0.29, 0.717) is 82.0 Å². The number of anilines is 3. The summed E-state index contributed by atoms with van der Waals surface area (Å²) in [6.45, 7) is 4.24. The van der Waals surface area contributed by atoms with Gasteiger partial charge in [-0.25, -0.2) is 0 Å². The highest BCUT2D eigenvalue weighted by atomic mass is 16.5. The van der Waals surface area contributed by atoms with Crippen LogP contribution in [0.3, 0.4) is 0 Å². The van der Waals surface area contributed by atoms with E-state index in [-0.39, 0.29) is 0 Å². The molecule has 2 aromatic carbocycles. The fourth-order valence-corrected chi connectivity index (χ4v) is 3.43. The molecule has 0 spiro atoms. The Labute approximate surface area is 218 Å². The van der Waals surface area contributed by atoms with Crippen molar-refractivity contribution in [3.8, 4) is 11.5 Å². The minimum absolute atomic E-state index is 0.457. The Balaban J connectivity index is 1.66. The molecule has 200 valence electrons. The van der Waals surface area contributed by atoms with Gasteiger partial charge in [0.15, 0.2) is 11.5 Å². The van der Waals surface area contributed by atoms with E-state index in [1.165, 1.54) is 0 Å². The van der Waals surface area contributed by atoms with E-state index < -0.39 is 0 Å². The van der Waals surface area contributed by atoms with Crippen LogP contribution < -0.4 is 30.7 Å². The Hall–Kier alpha value is -3.67. The molecule has 3 rings (SSSR count). The van der Waals surface area contributed by atoms with Crippen molar-refractivity contribution in [1.29, 1.82) is 0 Å². The van der Waals surface area contributed by atoms with E-state index >= 15 is 0 Å². The third kappa shape index (κ3) is 9.37. The maximum atomic E-state index is 5.59. The summed E-state index contributed by atoms with van der Waals surface area (Å²) in [6, 6.07) is 15.9. The minimum atomic E-state index is 0.457. The van der Waals surface area contributed by atoms with Crippen molar-refractivity contribution in [3.05, 3.63) is 59.7 Å². The number of methoxy groups -OCH3 is 2. The number of benzene rings is 2. The molecule has 0 bridgehead atoms. The van der Waals surface area contributed by atoms with Gasteiger partial charge in [-0.3, -0.25) is 0 Å². The molecule has 0 fully saturated rings. The second-order valence-electron chi connectivity index (χ2n) is 8.11. The molecule has 37 heavy (non-hydrogen) atoms. The van der Waals surface area contributed by atoms with Crippen LogP contribution in [0.5, 0.6) is 11.5 Å². The fraction of sp³-hybridized carbons (Fsp3) is 0.423. The highest BCUT2D eigenvalue weighted by Gasteiger charge is 2.12. The quantitative estimate of drug-likeness (QED) is 0.231. The van der Waals surface area contributed by atoms with Crippen LogP contribution in [0.2, 0.25) is 0 Å². The van der Waals surface area contributed by atoms with Gasteiger partial charge in [0.1, 0.15) is 0 Å². The Morgan fingerprint density at radius 3 is 2.19 bits per heavy atom. The second kappa shape index (κ2) is 15.4. The Morgan fingerprint density at radius 2 is 1.49 bits per heavy atom. The summed E-state index contributed by atoms with van der Waals surface area (Å²) < 4.78 is 21.6. The van der Waals surface area contributed by atoms with Gasteiger partial charge in [0.2, 0.25) is 17.8 Å². The van der Waals surface area contributed by atoms with Crippen molar-refractivity contribution in [2.24, 2.45) is 5.73 Å². The molecule has 0 radical (unpaired) electrons. The van der Waals surface area contributed by atoms with Gasteiger partial charge in [0.25, 0.3) is 0 Å². The molecule has 1 heterocycles. The molecule has 0 unspecified atom stereocenters. The first kappa shape index (κ1) is 27.9. The van der Waals surface area contributed by atoms with Crippen molar-refractivity contribution in [3.63, 3.8) is 0 Å². The van der Waals surface area contributed by atoms with Crippen molar-refractivity contribution < 1.29 is 18.9 Å². The molecule has 0 aliphatic heterocycles. The molecule has 1 aromatic heterocycles. The molecule has 0 atom stereocenters. The van der Waals surface area contributed by atoms with Gasteiger partial charge in [-0.15, -0.1) is 0 Å². The van der Waals surface area contributed by atoms with Gasteiger partial charge in [-0.1, -0.05) is 36.4 Å². The summed E-state index contributed by atoms with van der Waals surface area (Å²) in [5.74, 6) is 2.81. The number of nitrogens with zero attached hydrogens (tertiary/aromatic N) is 4. The number of aromatic nitrogens is 3. The number of ether oxygens (including phenoxy) is 4. The van der Waals surface area contributed by atoms with E-state index in [1.807, 2.05) is 48.3 Å². The van der Waals surface area contributed by atoms with E-state index in [2.05, 4.69) is 37.7 Å². The van der Waals surface area contributed by atoms with Gasteiger partial charge in [0.05, 0.1) is 40.6 Å². The van der Waals surface area contributed by atoms with Crippen molar-refractivity contribution in [2.45, 2.75) is 13.1 Å². The number of rotatable bonds is 17. The summed E-state index contributed by atoms with van der Waals surface area (Å²) in [5, 5.41) is 6.52. The molecule has 0 amide bonds. The molecule has 0 aliphatic rings. The summed E-state index contributed by atoms with van der Waals surface area (Å²) in [7, 11) is 5.18. The van der Waals surface area contributed by atoms with Crippen molar-refractivity contribution in [1.82, 2.24) is 15.0 Å². The van der Waals surface area contributed by atoms with Crippen molar-refractivity contribution in [2.75, 3.05) is 76.3 Å². The monoisotopic (exact) mass is 511 g/mol. The summed E-state index contributed by atoms with van der Waals surface area (Å²) in [4.78, 5) is 15.8. The molecule has 0 saturated carbocycles. The topological polar surface area (TPSA) is 129 Å². The maximum absolute atomic E-state index is 5.59. The highest BCUT2D eigenvalue weighted by Crippen LogP contribution is 2.27. The van der Waals surface area contributed by atoms with Crippen LogP contribution in [0.4, 0.5) is 17.8 Å². The molecule has 11 nitrogen and oxygen atoms in total. The fourth-order valence-electron chi connectivity index (χ4n) is 3.43. The number of nitrogens with one attached hydrogen (secondary N) is 2. The van der Waals surface area contributed by atoms with Gasteiger partial charge in [-0.05, 0) is 23.3 Å². The third-order valence-electron chi connectivity index (χ3n) is 5.29. The first-order valence-corrected chi connectivity index (χ1v) is 12.2. The second-order valence-corrected chi connectivity index (χ2v) is 8.11. The number of nitrogens with two attached hydrogens (primary N) is 1. The Kier molecular flexibility index (Phi) is 11.6. The molecule has 0 aliphatic carbocycles. The largest absolute Gasteiger partial charge is 0.493 e. The average molecular weight is 512 g/mol. The van der Waals surface area contributed by atoms with E-state index in [0.717, 1.165) is 11.1 Å². The van der Waals surface area contributed by atoms with Crippen LogP contribution in [0.25, 0.3) is 0 Å². The summed E-state index contributed by atoms with van der Waals surface area (Å²) in [6.07, 6.45) is 0. The average Bonchev–Trinajstić information content (AvgIpc) is 2.93. The van der Waals surface area contributed by atoms with E-state index in [9.17, 15) is 0 Å². The standard InChI is InChI=1S/C26H37N7O4/c1-33(19-20-7-5-4-6-8-20)26-31-24(28-12-14-37-16-15-36-13-11-27)30-25(32-26)29-18-21-9-10-22(34-2)23(17-21)35-3/h4-10,17H,11-16,18-19,27H2,1-3H3,(H2,28,29,30,31,32). The van der Waals surface area contributed by atoms with Crippen LogP contribution in [0.1, 0.15) is 11.1 Å². The smallest absolute Gasteiger partial charge is 0.231 e. The SMILES string of the molecule is COc1ccc(CNc2nc(NCCOCCOCCN)nc(N(C)Cc3ccccc3)n2)cc1OC. The predicted octanol–water partition coefficient (Wildman–Crippen LogP) is 2.54. The van der Waals surface area contributed by atoms with E-state index in [4.69, 9.17) is 24.7 Å². The lowest BCUT2D eigenvalue weighted by Gasteiger charge is -2.19. The van der Waals surface area contributed by atoms with Crippen LogP contribution in [0.15, 0.2) is 48.5 Å². The molecule has 4 N–H and O–H groups in total. The zero-order valence-corrected chi connectivity index (χ0v) is 21.8. The lowest BCUT2D eigenvalue weighted by atomic mass is 10.2. The summed E-state index contributed by atoms with van der Waals surface area (Å²) in [5.41, 5.74) is 7.56. The molecular formula is C26H37N7O4. The van der Waals surface area contributed by atoms with Gasteiger partial charge < -0.3 is 40.2 Å². The van der Waals surface area contributed by atoms with Gasteiger partial charge in [-0.2, -0.15) is 15.0 Å². The normalized spacial score (nSPS) is 10.7. The predicted molar refractivity (Wildman–Crippen MR) is 144 cm³/mol. The maximum Gasteiger partial charge on any atom is 0.231 e. The van der Waals surface area contributed by atoms with Gasteiger partial charge in [0, 0.05) is 33.2 Å². The zero-order valence-electron chi connectivity index (χ0n) is 21.8. The highest BCUT2D eigenvalue weighted by molar-refractivity contribution is 5.46. The number of hydrogen-bond donors (Lipinski definition) is 3. The Morgan fingerprint density at radius 1 is 0.784 bits per heavy atom. The summed E-state index contributed by atoms with van der Waals surface area (Å²) >= 11 is 0. The molecular weight excluding hydrogens is 474 g/mol. The number of hydrogen-bond acceptors (Lipinski definition) is 11.